The van der Waals surface area contributed by atoms with Crippen LogP contribution in [0.5, 0.6) is 0 Å². The average molecular weight is 475 g/mol. The summed E-state index contributed by atoms with van der Waals surface area (Å²) in [6.45, 7) is 0. The molecule has 2 aliphatic carbocycles. The fraction of sp³-hybridized carbons (Fsp3) is 0.462. The first-order valence-corrected chi connectivity index (χ1v) is 12.3. The van der Waals surface area contributed by atoms with E-state index >= 15 is 0 Å². The van der Waals surface area contributed by atoms with Gasteiger partial charge in [-0.05, 0) is 38.2 Å². The van der Waals surface area contributed by atoms with Gasteiger partial charge < -0.3 is 15.5 Å². The molecule has 3 amide bonds. The Balaban J connectivity index is 1.42. The monoisotopic (exact) mass is 474 g/mol. The van der Waals surface area contributed by atoms with Crippen LogP contribution in [0.3, 0.4) is 0 Å². The largest absolute Gasteiger partial charge is 0.338 e. The molecule has 0 bridgehead atoms. The molecule has 0 radical (unpaired) electrons. The van der Waals surface area contributed by atoms with Crippen LogP contribution in [-0.4, -0.2) is 52.2 Å². The second-order valence-corrected chi connectivity index (χ2v) is 9.66. The molecule has 1 aliphatic heterocycles. The van der Waals surface area contributed by atoms with Crippen molar-refractivity contribution in [3.63, 3.8) is 0 Å². The van der Waals surface area contributed by atoms with Crippen LogP contribution in [0, 0.1) is 5.92 Å². The van der Waals surface area contributed by atoms with Crippen molar-refractivity contribution in [3.8, 4) is 0 Å². The SMILES string of the molecule is CN1C(=O)C(NC(=O)C2(NC(=O)c3cncnc3)CCC2)N=C(C2CCCCC2)c2ccccc21. The van der Waals surface area contributed by atoms with Crippen LogP contribution in [0.15, 0.2) is 48.0 Å². The summed E-state index contributed by atoms with van der Waals surface area (Å²) in [6.07, 6.45) is 10.4. The predicted molar refractivity (Wildman–Crippen MR) is 131 cm³/mol. The quantitative estimate of drug-likeness (QED) is 0.691. The van der Waals surface area contributed by atoms with E-state index in [0.29, 0.717) is 12.8 Å². The van der Waals surface area contributed by atoms with Crippen LogP contribution < -0.4 is 15.5 Å². The highest BCUT2D eigenvalue weighted by Crippen LogP contribution is 2.35. The number of amides is 3. The Morgan fingerprint density at radius 2 is 1.74 bits per heavy atom. The number of fused-ring (bicyclic) bond motifs is 1. The van der Waals surface area contributed by atoms with E-state index in [2.05, 4.69) is 20.6 Å². The molecule has 3 aliphatic rings. The summed E-state index contributed by atoms with van der Waals surface area (Å²) in [6, 6.07) is 7.80. The van der Waals surface area contributed by atoms with Gasteiger partial charge in [0.1, 0.15) is 11.9 Å². The van der Waals surface area contributed by atoms with E-state index in [0.717, 1.165) is 49.1 Å². The molecule has 0 spiro atoms. The summed E-state index contributed by atoms with van der Waals surface area (Å²) in [5.74, 6) is -0.852. The van der Waals surface area contributed by atoms with Gasteiger partial charge in [-0.3, -0.25) is 19.4 Å². The van der Waals surface area contributed by atoms with Crippen molar-refractivity contribution < 1.29 is 14.4 Å². The molecule has 2 saturated carbocycles. The Bertz CT molecular complexity index is 1150. The zero-order valence-electron chi connectivity index (χ0n) is 19.9. The molecule has 2 N–H and O–H groups in total. The fourth-order valence-corrected chi connectivity index (χ4v) is 5.25. The Labute approximate surface area is 204 Å². The van der Waals surface area contributed by atoms with Gasteiger partial charge in [-0.2, -0.15) is 0 Å². The molecule has 182 valence electrons. The lowest BCUT2D eigenvalue weighted by Gasteiger charge is -2.41. The van der Waals surface area contributed by atoms with Gasteiger partial charge in [0.05, 0.1) is 17.0 Å². The number of aliphatic imine (C=N–C) groups is 1. The Kier molecular flexibility index (Phi) is 6.32. The van der Waals surface area contributed by atoms with Gasteiger partial charge >= 0.3 is 0 Å². The Morgan fingerprint density at radius 1 is 1.03 bits per heavy atom. The van der Waals surface area contributed by atoms with Gasteiger partial charge in [-0.1, -0.05) is 37.5 Å². The normalized spacial score (nSPS) is 21.7. The predicted octanol–water partition coefficient (Wildman–Crippen LogP) is 2.62. The van der Waals surface area contributed by atoms with Crippen LogP contribution in [-0.2, 0) is 9.59 Å². The molecule has 1 unspecified atom stereocenters. The Hall–Kier alpha value is -3.62. The van der Waals surface area contributed by atoms with Crippen molar-refractivity contribution in [1.82, 2.24) is 20.6 Å². The van der Waals surface area contributed by atoms with Crippen molar-refractivity contribution in [2.24, 2.45) is 10.9 Å². The highest BCUT2D eigenvalue weighted by atomic mass is 16.2. The first-order valence-electron chi connectivity index (χ1n) is 12.3. The molecular weight excluding hydrogens is 444 g/mol. The van der Waals surface area contributed by atoms with Gasteiger partial charge in [-0.25, -0.2) is 9.97 Å². The summed E-state index contributed by atoms with van der Waals surface area (Å²) >= 11 is 0. The highest BCUT2D eigenvalue weighted by molar-refractivity contribution is 6.14. The molecule has 1 aromatic heterocycles. The summed E-state index contributed by atoms with van der Waals surface area (Å²) in [4.78, 5) is 53.9. The number of nitrogens with one attached hydrogen (secondary N) is 2. The molecule has 2 heterocycles. The molecule has 9 heteroatoms. The average Bonchev–Trinajstić information content (AvgIpc) is 2.98. The maximum atomic E-state index is 13.5. The minimum absolute atomic E-state index is 0.249. The fourth-order valence-electron chi connectivity index (χ4n) is 5.25. The number of aromatic nitrogens is 2. The van der Waals surface area contributed by atoms with Gasteiger partial charge in [0, 0.05) is 30.9 Å². The molecule has 1 aromatic carbocycles. The molecule has 0 saturated heterocycles. The lowest BCUT2D eigenvalue weighted by molar-refractivity contribution is -0.134. The van der Waals surface area contributed by atoms with Gasteiger partial charge in [-0.15, -0.1) is 0 Å². The third kappa shape index (κ3) is 4.42. The van der Waals surface area contributed by atoms with Crippen LogP contribution in [0.1, 0.15) is 67.3 Å². The standard InChI is InChI=1S/C26H30N6O3/c1-32-20-11-6-5-10-19(20)21(17-8-3-2-4-9-17)29-22(24(32)34)30-25(35)26(12-7-13-26)31-23(33)18-14-27-16-28-15-18/h5-6,10-11,14-17,22H,2-4,7-9,12-13H2,1H3,(H,30,35)(H,31,33). The third-order valence-corrected chi connectivity index (χ3v) is 7.45. The van der Waals surface area contributed by atoms with Gasteiger partial charge in [0.2, 0.25) is 12.1 Å². The van der Waals surface area contributed by atoms with Crippen LogP contribution in [0.2, 0.25) is 0 Å². The first kappa shape index (κ1) is 23.1. The van der Waals surface area contributed by atoms with E-state index in [-0.39, 0.29) is 17.4 Å². The van der Waals surface area contributed by atoms with E-state index in [9.17, 15) is 14.4 Å². The number of rotatable bonds is 5. The number of nitrogens with zero attached hydrogens (tertiary/aromatic N) is 4. The lowest BCUT2D eigenvalue weighted by atomic mass is 9.75. The maximum Gasteiger partial charge on any atom is 0.272 e. The number of hydrogen-bond acceptors (Lipinski definition) is 6. The number of benzodiazepines with no additional fused rings is 1. The number of benzene rings is 1. The van der Waals surface area contributed by atoms with E-state index in [1.807, 2.05) is 24.3 Å². The zero-order chi connectivity index (χ0) is 24.4. The van der Waals surface area contributed by atoms with Gasteiger partial charge in [0.25, 0.3) is 11.8 Å². The number of likely N-dealkylation sites (N-methyl/N-ethyl adjacent to an activating group) is 1. The minimum atomic E-state index is -1.08. The van der Waals surface area contributed by atoms with Crippen molar-refractivity contribution in [1.29, 1.82) is 0 Å². The third-order valence-electron chi connectivity index (χ3n) is 7.45. The number of para-hydroxylation sites is 1. The smallest absolute Gasteiger partial charge is 0.272 e. The summed E-state index contributed by atoms with van der Waals surface area (Å²) in [5.41, 5.74) is 1.84. The van der Waals surface area contributed by atoms with Crippen molar-refractivity contribution >= 4 is 29.1 Å². The van der Waals surface area contributed by atoms with Crippen molar-refractivity contribution in [2.45, 2.75) is 63.1 Å². The summed E-state index contributed by atoms with van der Waals surface area (Å²) in [7, 11) is 1.72. The number of carbonyl (C=O) groups excluding carboxylic acids is 3. The van der Waals surface area contributed by atoms with Crippen molar-refractivity contribution in [2.75, 3.05) is 11.9 Å². The molecule has 35 heavy (non-hydrogen) atoms. The van der Waals surface area contributed by atoms with E-state index in [4.69, 9.17) is 4.99 Å². The molecule has 2 aromatic rings. The Morgan fingerprint density at radius 3 is 2.43 bits per heavy atom. The summed E-state index contributed by atoms with van der Waals surface area (Å²) in [5, 5.41) is 5.74. The number of anilines is 1. The molecule has 2 fully saturated rings. The minimum Gasteiger partial charge on any atom is -0.338 e. The second-order valence-electron chi connectivity index (χ2n) is 9.66. The molecule has 5 rings (SSSR count). The van der Waals surface area contributed by atoms with E-state index < -0.39 is 23.5 Å². The zero-order valence-corrected chi connectivity index (χ0v) is 19.9. The summed E-state index contributed by atoms with van der Waals surface area (Å²) < 4.78 is 0. The first-order chi connectivity index (χ1) is 17.0. The topological polar surface area (TPSA) is 117 Å². The van der Waals surface area contributed by atoms with E-state index in [1.165, 1.54) is 25.1 Å². The number of carbonyl (C=O) groups is 3. The highest BCUT2D eigenvalue weighted by Gasteiger charge is 2.47. The maximum absolute atomic E-state index is 13.5. The molecule has 9 nitrogen and oxygen atoms in total. The van der Waals surface area contributed by atoms with Crippen LogP contribution >= 0.6 is 0 Å². The second kappa shape index (κ2) is 9.56. The van der Waals surface area contributed by atoms with Crippen molar-refractivity contribution in [3.05, 3.63) is 54.1 Å². The van der Waals surface area contributed by atoms with Gasteiger partial charge in [0.15, 0.2) is 0 Å². The lowest BCUT2D eigenvalue weighted by Crippen LogP contribution is -2.65. The number of hydrogen-bond donors (Lipinski definition) is 2. The van der Waals surface area contributed by atoms with Crippen LogP contribution in [0.25, 0.3) is 0 Å². The molecular formula is C26H30N6O3. The van der Waals surface area contributed by atoms with E-state index in [1.54, 1.807) is 11.9 Å². The molecule has 1 atom stereocenters. The van der Waals surface area contributed by atoms with Crippen LogP contribution in [0.4, 0.5) is 5.69 Å².